The molecule has 1 aliphatic carbocycles. The highest BCUT2D eigenvalue weighted by molar-refractivity contribution is 14.0. The number of guanidine groups is 1. The lowest BCUT2D eigenvalue weighted by Gasteiger charge is -2.12. The van der Waals surface area contributed by atoms with Gasteiger partial charge in [0, 0.05) is 32.2 Å². The standard InChI is InChI=1S/C16H23FN4O.HI/c1-11-3-6-13(9-14(11)17)15(22)19-7-8-20-16(18-2)21-10-12-4-5-12;/h3,6,9,12H,4-5,7-8,10H2,1-2H3,(H,19,22)(H2,18,20,21);1H. The Balaban J connectivity index is 0.00000264. The molecule has 1 aliphatic rings. The van der Waals surface area contributed by atoms with Crippen molar-refractivity contribution in [2.24, 2.45) is 10.9 Å². The molecule has 2 rings (SSSR count). The van der Waals surface area contributed by atoms with Gasteiger partial charge in [-0.15, -0.1) is 24.0 Å². The van der Waals surface area contributed by atoms with E-state index in [2.05, 4.69) is 20.9 Å². The molecule has 7 heteroatoms. The van der Waals surface area contributed by atoms with E-state index in [9.17, 15) is 9.18 Å². The minimum atomic E-state index is -0.365. The maximum Gasteiger partial charge on any atom is 0.251 e. The van der Waals surface area contributed by atoms with E-state index in [1.54, 1.807) is 26.1 Å². The molecule has 1 aromatic carbocycles. The first kappa shape index (κ1) is 19.7. The Morgan fingerprint density at radius 2 is 1.96 bits per heavy atom. The molecular formula is C16H24FIN4O. The van der Waals surface area contributed by atoms with Crippen molar-refractivity contribution in [1.82, 2.24) is 16.0 Å². The lowest BCUT2D eigenvalue weighted by molar-refractivity contribution is 0.0954. The molecule has 0 radical (unpaired) electrons. The normalized spacial score (nSPS) is 14.0. The monoisotopic (exact) mass is 434 g/mol. The number of halogens is 2. The van der Waals surface area contributed by atoms with Crippen LogP contribution in [0, 0.1) is 18.7 Å². The van der Waals surface area contributed by atoms with Gasteiger partial charge < -0.3 is 16.0 Å². The maximum absolute atomic E-state index is 13.4. The third-order valence-corrected chi connectivity index (χ3v) is 3.62. The Morgan fingerprint density at radius 1 is 1.26 bits per heavy atom. The molecule has 0 heterocycles. The average Bonchev–Trinajstić information content (AvgIpc) is 3.33. The van der Waals surface area contributed by atoms with E-state index < -0.39 is 0 Å². The number of nitrogens with zero attached hydrogens (tertiary/aromatic N) is 1. The van der Waals surface area contributed by atoms with E-state index in [0.29, 0.717) is 24.2 Å². The fourth-order valence-corrected chi connectivity index (χ4v) is 1.98. The molecule has 3 N–H and O–H groups in total. The van der Waals surface area contributed by atoms with Gasteiger partial charge in [-0.3, -0.25) is 9.79 Å². The van der Waals surface area contributed by atoms with Crippen LogP contribution in [0.25, 0.3) is 0 Å². The first-order valence-electron chi connectivity index (χ1n) is 7.59. The van der Waals surface area contributed by atoms with Crippen molar-refractivity contribution in [3.05, 3.63) is 35.1 Å². The van der Waals surface area contributed by atoms with E-state index in [-0.39, 0.29) is 35.7 Å². The van der Waals surface area contributed by atoms with Gasteiger partial charge in [0.2, 0.25) is 0 Å². The number of aliphatic imine (C=N–C) groups is 1. The summed E-state index contributed by atoms with van der Waals surface area (Å²) >= 11 is 0. The second kappa shape index (κ2) is 9.69. The number of hydrogen-bond donors (Lipinski definition) is 3. The molecule has 1 fully saturated rings. The van der Waals surface area contributed by atoms with E-state index in [4.69, 9.17) is 0 Å². The zero-order valence-corrected chi connectivity index (χ0v) is 15.8. The fraction of sp³-hybridized carbons (Fsp3) is 0.500. The molecule has 0 atom stereocenters. The van der Waals surface area contributed by atoms with Crippen LogP contribution in [0.4, 0.5) is 4.39 Å². The number of rotatable bonds is 6. The molecule has 0 bridgehead atoms. The van der Waals surface area contributed by atoms with E-state index in [0.717, 1.165) is 18.4 Å². The molecule has 0 aromatic heterocycles. The van der Waals surface area contributed by atoms with Crippen molar-refractivity contribution in [2.45, 2.75) is 19.8 Å². The number of carbonyl (C=O) groups excluding carboxylic acids is 1. The number of carbonyl (C=O) groups is 1. The quantitative estimate of drug-likeness (QED) is 0.278. The smallest absolute Gasteiger partial charge is 0.251 e. The molecule has 1 aromatic rings. The van der Waals surface area contributed by atoms with Gasteiger partial charge in [-0.1, -0.05) is 6.07 Å². The van der Waals surface area contributed by atoms with Crippen molar-refractivity contribution >= 4 is 35.8 Å². The number of nitrogens with one attached hydrogen (secondary N) is 3. The van der Waals surface area contributed by atoms with Crippen LogP contribution in [-0.4, -0.2) is 38.5 Å². The Kier molecular flexibility index (Phi) is 8.29. The van der Waals surface area contributed by atoms with Gasteiger partial charge in [0.25, 0.3) is 5.91 Å². The molecule has 0 spiro atoms. The predicted octanol–water partition coefficient (Wildman–Crippen LogP) is 2.06. The molecule has 5 nitrogen and oxygen atoms in total. The summed E-state index contributed by atoms with van der Waals surface area (Å²) in [4.78, 5) is 16.0. The zero-order valence-electron chi connectivity index (χ0n) is 13.5. The second-order valence-corrected chi connectivity index (χ2v) is 5.54. The first-order valence-corrected chi connectivity index (χ1v) is 7.59. The summed E-state index contributed by atoms with van der Waals surface area (Å²) in [5.41, 5.74) is 0.864. The molecule has 1 amide bonds. The van der Waals surface area contributed by atoms with Crippen LogP contribution in [0.3, 0.4) is 0 Å². The molecule has 0 aliphatic heterocycles. The van der Waals surface area contributed by atoms with Gasteiger partial charge in [-0.25, -0.2) is 4.39 Å². The van der Waals surface area contributed by atoms with Crippen molar-refractivity contribution in [3.8, 4) is 0 Å². The van der Waals surface area contributed by atoms with E-state index >= 15 is 0 Å². The third-order valence-electron chi connectivity index (χ3n) is 3.62. The lowest BCUT2D eigenvalue weighted by atomic mass is 10.1. The van der Waals surface area contributed by atoms with Gasteiger partial charge in [-0.2, -0.15) is 0 Å². The summed E-state index contributed by atoms with van der Waals surface area (Å²) in [6.45, 7) is 3.61. The van der Waals surface area contributed by atoms with Crippen LogP contribution in [0.1, 0.15) is 28.8 Å². The van der Waals surface area contributed by atoms with Gasteiger partial charge in [0.15, 0.2) is 5.96 Å². The summed E-state index contributed by atoms with van der Waals surface area (Å²) in [6, 6.07) is 4.48. The van der Waals surface area contributed by atoms with Crippen LogP contribution >= 0.6 is 24.0 Å². The second-order valence-electron chi connectivity index (χ2n) is 5.54. The Bertz CT molecular complexity index is 561. The van der Waals surface area contributed by atoms with Gasteiger partial charge in [0.05, 0.1) is 0 Å². The van der Waals surface area contributed by atoms with Gasteiger partial charge in [0.1, 0.15) is 5.82 Å². The first-order chi connectivity index (χ1) is 10.6. The highest BCUT2D eigenvalue weighted by atomic mass is 127. The number of aryl methyl sites for hydroxylation is 1. The summed E-state index contributed by atoms with van der Waals surface area (Å²) in [7, 11) is 1.72. The minimum absolute atomic E-state index is 0. The number of hydrogen-bond acceptors (Lipinski definition) is 2. The van der Waals surface area contributed by atoms with Gasteiger partial charge >= 0.3 is 0 Å². The molecule has 128 valence electrons. The molecular weight excluding hydrogens is 410 g/mol. The fourth-order valence-electron chi connectivity index (χ4n) is 1.98. The third kappa shape index (κ3) is 6.72. The van der Waals surface area contributed by atoms with E-state index in [1.165, 1.54) is 18.9 Å². The average molecular weight is 434 g/mol. The number of benzene rings is 1. The zero-order chi connectivity index (χ0) is 15.9. The Morgan fingerprint density at radius 3 is 2.57 bits per heavy atom. The number of amides is 1. The summed E-state index contributed by atoms with van der Waals surface area (Å²) in [5, 5.41) is 9.12. The van der Waals surface area contributed by atoms with Crippen molar-refractivity contribution < 1.29 is 9.18 Å². The Labute approximate surface area is 153 Å². The Hall–Kier alpha value is -1.38. The molecule has 1 saturated carbocycles. The van der Waals surface area contributed by atoms with Crippen LogP contribution in [0.15, 0.2) is 23.2 Å². The SMILES string of the molecule is CN=C(NCCNC(=O)c1ccc(C)c(F)c1)NCC1CC1.I. The van der Waals surface area contributed by atoms with Gasteiger partial charge in [-0.05, 0) is 43.4 Å². The van der Waals surface area contributed by atoms with Crippen molar-refractivity contribution in [3.63, 3.8) is 0 Å². The lowest BCUT2D eigenvalue weighted by Crippen LogP contribution is -2.42. The maximum atomic E-state index is 13.4. The van der Waals surface area contributed by atoms with Crippen molar-refractivity contribution in [1.29, 1.82) is 0 Å². The minimum Gasteiger partial charge on any atom is -0.356 e. The highest BCUT2D eigenvalue weighted by Gasteiger charge is 2.20. The summed E-state index contributed by atoms with van der Waals surface area (Å²) < 4.78 is 13.4. The summed E-state index contributed by atoms with van der Waals surface area (Å²) in [6.07, 6.45) is 2.57. The van der Waals surface area contributed by atoms with E-state index in [1.807, 2.05) is 0 Å². The topological polar surface area (TPSA) is 65.5 Å². The summed E-state index contributed by atoms with van der Waals surface area (Å²) in [5.74, 6) is 0.870. The van der Waals surface area contributed by atoms with Crippen molar-refractivity contribution in [2.75, 3.05) is 26.7 Å². The van der Waals surface area contributed by atoms with Crippen LogP contribution in [0.5, 0.6) is 0 Å². The molecule has 23 heavy (non-hydrogen) atoms. The predicted molar refractivity (Wildman–Crippen MR) is 101 cm³/mol. The van der Waals surface area contributed by atoms with Crippen LogP contribution in [-0.2, 0) is 0 Å². The van der Waals surface area contributed by atoms with Crippen LogP contribution < -0.4 is 16.0 Å². The molecule has 0 unspecified atom stereocenters. The van der Waals surface area contributed by atoms with Crippen LogP contribution in [0.2, 0.25) is 0 Å². The highest BCUT2D eigenvalue weighted by Crippen LogP contribution is 2.27. The molecule has 0 saturated heterocycles. The largest absolute Gasteiger partial charge is 0.356 e.